The average molecular weight is 354 g/mol. The molecule has 4 heteroatoms. The van der Waals surface area contributed by atoms with E-state index in [1.807, 2.05) is 32.0 Å². The SMILES string of the molecule is Cc1ccc(C(=O)NCCNC(=O)C23CC4CC(CC(C4)C2)C3)cc1C. The zero-order valence-electron chi connectivity index (χ0n) is 15.9. The van der Waals surface area contributed by atoms with Gasteiger partial charge in [-0.1, -0.05) is 6.07 Å². The predicted octanol–water partition coefficient (Wildman–Crippen LogP) is 3.37. The number of hydrogen-bond donors (Lipinski definition) is 2. The van der Waals surface area contributed by atoms with Gasteiger partial charge in [0, 0.05) is 24.1 Å². The van der Waals surface area contributed by atoms with Crippen molar-refractivity contribution < 1.29 is 9.59 Å². The van der Waals surface area contributed by atoms with Crippen molar-refractivity contribution >= 4 is 11.8 Å². The van der Waals surface area contributed by atoms with Crippen LogP contribution in [-0.2, 0) is 4.79 Å². The molecular weight excluding hydrogens is 324 g/mol. The standard InChI is InChI=1S/C22H30N2O2/c1-14-3-4-19(7-15(14)2)20(25)23-5-6-24-21(26)22-11-16-8-17(12-22)10-18(9-16)13-22/h3-4,7,16-18H,5-6,8-13H2,1-2H3,(H,23,25)(H,24,26). The molecule has 2 N–H and O–H groups in total. The molecule has 2 amide bonds. The first kappa shape index (κ1) is 17.6. The zero-order chi connectivity index (χ0) is 18.3. The third-order valence-corrected chi connectivity index (χ3v) is 6.99. The van der Waals surface area contributed by atoms with E-state index in [9.17, 15) is 9.59 Å². The molecular formula is C22H30N2O2. The van der Waals surface area contributed by atoms with Gasteiger partial charge in [0.2, 0.25) is 5.91 Å². The van der Waals surface area contributed by atoms with Gasteiger partial charge in [-0.15, -0.1) is 0 Å². The molecule has 26 heavy (non-hydrogen) atoms. The van der Waals surface area contributed by atoms with Crippen molar-refractivity contribution in [3.63, 3.8) is 0 Å². The van der Waals surface area contributed by atoms with Crippen LogP contribution in [0.3, 0.4) is 0 Å². The maximum absolute atomic E-state index is 12.9. The molecule has 0 saturated heterocycles. The minimum atomic E-state index is -0.104. The van der Waals surface area contributed by atoms with Crippen LogP contribution >= 0.6 is 0 Å². The molecule has 5 rings (SSSR count). The van der Waals surface area contributed by atoms with Crippen molar-refractivity contribution in [1.29, 1.82) is 0 Å². The van der Waals surface area contributed by atoms with E-state index >= 15 is 0 Å². The van der Waals surface area contributed by atoms with E-state index in [4.69, 9.17) is 0 Å². The fourth-order valence-corrected chi connectivity index (χ4v) is 5.91. The van der Waals surface area contributed by atoms with Crippen LogP contribution in [0.15, 0.2) is 18.2 Å². The van der Waals surface area contributed by atoms with E-state index in [-0.39, 0.29) is 17.2 Å². The monoisotopic (exact) mass is 354 g/mol. The Bertz CT molecular complexity index is 690. The largest absolute Gasteiger partial charge is 0.354 e. The molecule has 4 nitrogen and oxygen atoms in total. The Morgan fingerprint density at radius 2 is 1.50 bits per heavy atom. The summed E-state index contributed by atoms with van der Waals surface area (Å²) in [7, 11) is 0. The van der Waals surface area contributed by atoms with E-state index in [2.05, 4.69) is 10.6 Å². The average Bonchev–Trinajstić information content (AvgIpc) is 2.59. The Kier molecular flexibility index (Phi) is 4.54. The van der Waals surface area contributed by atoms with E-state index in [0.717, 1.165) is 42.6 Å². The molecule has 4 bridgehead atoms. The van der Waals surface area contributed by atoms with Gasteiger partial charge in [-0.05, 0) is 93.4 Å². The highest BCUT2D eigenvalue weighted by Gasteiger charge is 2.54. The molecule has 1 aromatic rings. The van der Waals surface area contributed by atoms with Gasteiger partial charge in [0.25, 0.3) is 5.91 Å². The van der Waals surface area contributed by atoms with Gasteiger partial charge in [0.15, 0.2) is 0 Å². The van der Waals surface area contributed by atoms with Crippen LogP contribution in [-0.4, -0.2) is 24.9 Å². The molecule has 0 aromatic heterocycles. The normalized spacial score (nSPS) is 31.7. The highest BCUT2D eigenvalue weighted by atomic mass is 16.2. The van der Waals surface area contributed by atoms with Gasteiger partial charge in [-0.2, -0.15) is 0 Å². The third kappa shape index (κ3) is 3.26. The molecule has 4 fully saturated rings. The van der Waals surface area contributed by atoms with Gasteiger partial charge in [0.05, 0.1) is 0 Å². The van der Waals surface area contributed by atoms with E-state index in [0.29, 0.717) is 18.7 Å². The van der Waals surface area contributed by atoms with Gasteiger partial charge in [-0.3, -0.25) is 9.59 Å². The summed E-state index contributed by atoms with van der Waals surface area (Å²) in [5.41, 5.74) is 2.88. The summed E-state index contributed by atoms with van der Waals surface area (Å²) in [6.07, 6.45) is 7.29. The maximum Gasteiger partial charge on any atom is 0.251 e. The van der Waals surface area contributed by atoms with Crippen molar-refractivity contribution in [3.05, 3.63) is 34.9 Å². The Labute approximate surface area is 156 Å². The van der Waals surface area contributed by atoms with Crippen molar-refractivity contribution in [2.75, 3.05) is 13.1 Å². The van der Waals surface area contributed by atoms with Crippen LogP contribution in [0.2, 0.25) is 0 Å². The van der Waals surface area contributed by atoms with Crippen molar-refractivity contribution in [2.45, 2.75) is 52.4 Å². The lowest BCUT2D eigenvalue weighted by atomic mass is 9.49. The fourth-order valence-electron chi connectivity index (χ4n) is 5.91. The molecule has 4 aliphatic rings. The lowest BCUT2D eigenvalue weighted by Crippen LogP contribution is -2.54. The second kappa shape index (κ2) is 6.71. The number of hydrogen-bond acceptors (Lipinski definition) is 2. The molecule has 0 unspecified atom stereocenters. The van der Waals surface area contributed by atoms with Gasteiger partial charge < -0.3 is 10.6 Å². The first-order valence-corrected chi connectivity index (χ1v) is 10.1. The molecule has 140 valence electrons. The van der Waals surface area contributed by atoms with E-state index in [1.165, 1.54) is 24.8 Å². The second-order valence-corrected chi connectivity index (χ2v) is 9.01. The van der Waals surface area contributed by atoms with E-state index in [1.54, 1.807) is 0 Å². The molecule has 0 atom stereocenters. The van der Waals surface area contributed by atoms with Crippen LogP contribution in [0.4, 0.5) is 0 Å². The number of amides is 2. The number of benzene rings is 1. The van der Waals surface area contributed by atoms with Crippen LogP contribution in [0, 0.1) is 37.0 Å². The summed E-state index contributed by atoms with van der Waals surface area (Å²) in [5, 5.41) is 6.03. The van der Waals surface area contributed by atoms with Crippen LogP contribution in [0.1, 0.15) is 60.0 Å². The Morgan fingerprint density at radius 3 is 2.08 bits per heavy atom. The zero-order valence-corrected chi connectivity index (χ0v) is 15.9. The Morgan fingerprint density at radius 1 is 0.923 bits per heavy atom. The van der Waals surface area contributed by atoms with Gasteiger partial charge >= 0.3 is 0 Å². The smallest absolute Gasteiger partial charge is 0.251 e. The lowest BCUT2D eigenvalue weighted by molar-refractivity contribution is -0.146. The van der Waals surface area contributed by atoms with Crippen LogP contribution in [0.25, 0.3) is 0 Å². The number of rotatable bonds is 5. The summed E-state index contributed by atoms with van der Waals surface area (Å²) in [6.45, 7) is 5.04. The first-order valence-electron chi connectivity index (χ1n) is 10.1. The van der Waals surface area contributed by atoms with Crippen LogP contribution in [0.5, 0.6) is 0 Å². The summed E-state index contributed by atoms with van der Waals surface area (Å²) in [4.78, 5) is 25.1. The summed E-state index contributed by atoms with van der Waals surface area (Å²) in [5.74, 6) is 2.48. The lowest BCUT2D eigenvalue weighted by Gasteiger charge is -2.55. The highest BCUT2D eigenvalue weighted by molar-refractivity contribution is 5.94. The number of nitrogens with one attached hydrogen (secondary N) is 2. The predicted molar refractivity (Wildman–Crippen MR) is 102 cm³/mol. The fraction of sp³-hybridized carbons (Fsp3) is 0.636. The number of carbonyl (C=O) groups is 2. The minimum Gasteiger partial charge on any atom is -0.354 e. The highest BCUT2D eigenvalue weighted by Crippen LogP contribution is 2.60. The van der Waals surface area contributed by atoms with Gasteiger partial charge in [0.1, 0.15) is 0 Å². The third-order valence-electron chi connectivity index (χ3n) is 6.99. The first-order chi connectivity index (χ1) is 12.4. The number of aryl methyl sites for hydroxylation is 2. The minimum absolute atomic E-state index is 0.0721. The maximum atomic E-state index is 12.9. The van der Waals surface area contributed by atoms with Crippen molar-refractivity contribution in [2.24, 2.45) is 23.2 Å². The van der Waals surface area contributed by atoms with Gasteiger partial charge in [-0.25, -0.2) is 0 Å². The Balaban J connectivity index is 1.26. The molecule has 0 aliphatic heterocycles. The molecule has 0 radical (unpaired) electrons. The molecule has 0 spiro atoms. The Hall–Kier alpha value is -1.84. The quantitative estimate of drug-likeness (QED) is 0.797. The summed E-state index contributed by atoms with van der Waals surface area (Å²) >= 11 is 0. The van der Waals surface area contributed by atoms with Crippen molar-refractivity contribution in [3.8, 4) is 0 Å². The topological polar surface area (TPSA) is 58.2 Å². The molecule has 4 saturated carbocycles. The molecule has 4 aliphatic carbocycles. The van der Waals surface area contributed by atoms with Crippen LogP contribution < -0.4 is 10.6 Å². The number of carbonyl (C=O) groups excluding carboxylic acids is 2. The summed E-state index contributed by atoms with van der Waals surface area (Å²) < 4.78 is 0. The summed E-state index contributed by atoms with van der Waals surface area (Å²) in [6, 6.07) is 5.74. The second-order valence-electron chi connectivity index (χ2n) is 9.01. The van der Waals surface area contributed by atoms with E-state index < -0.39 is 0 Å². The molecule has 0 heterocycles. The van der Waals surface area contributed by atoms with Crippen molar-refractivity contribution in [1.82, 2.24) is 10.6 Å². The molecule has 1 aromatic carbocycles.